The lowest BCUT2D eigenvalue weighted by Crippen LogP contribution is -2.47. The minimum atomic E-state index is -0.405. The van der Waals surface area contributed by atoms with Crippen LogP contribution >= 0.6 is 0 Å². The zero-order chi connectivity index (χ0) is 17.9. The molecule has 2 aromatic rings. The van der Waals surface area contributed by atoms with Crippen molar-refractivity contribution in [2.24, 2.45) is 18.9 Å². The van der Waals surface area contributed by atoms with Crippen molar-refractivity contribution in [1.29, 1.82) is 0 Å². The van der Waals surface area contributed by atoms with Gasteiger partial charge in [0.15, 0.2) is 5.78 Å². The van der Waals surface area contributed by atoms with Gasteiger partial charge in [0.25, 0.3) is 0 Å². The molecule has 1 aromatic heterocycles. The SMILES string of the molecule is CC[C@H](C)[C@H](NC(=O)Cc1cn(C)c2ccccc12)C(=O)C(C)C. The number of para-hydroxylation sites is 1. The molecule has 0 unspecified atom stereocenters. The van der Waals surface area contributed by atoms with Gasteiger partial charge in [-0.3, -0.25) is 9.59 Å². The van der Waals surface area contributed by atoms with Crippen LogP contribution in [0.4, 0.5) is 0 Å². The molecule has 0 aliphatic carbocycles. The number of benzene rings is 1. The Labute approximate surface area is 144 Å². The van der Waals surface area contributed by atoms with E-state index in [9.17, 15) is 9.59 Å². The molecule has 0 saturated carbocycles. The molecule has 0 radical (unpaired) electrons. The Kier molecular flexibility index (Phi) is 5.81. The highest BCUT2D eigenvalue weighted by atomic mass is 16.2. The van der Waals surface area contributed by atoms with Crippen LogP contribution in [0.1, 0.15) is 39.7 Å². The van der Waals surface area contributed by atoms with E-state index >= 15 is 0 Å². The van der Waals surface area contributed by atoms with Gasteiger partial charge in [-0.2, -0.15) is 0 Å². The van der Waals surface area contributed by atoms with E-state index in [1.54, 1.807) is 0 Å². The van der Waals surface area contributed by atoms with Crippen LogP contribution in [0.25, 0.3) is 10.9 Å². The fourth-order valence-corrected chi connectivity index (χ4v) is 3.05. The average Bonchev–Trinajstić information content (AvgIpc) is 2.87. The van der Waals surface area contributed by atoms with Crippen LogP contribution in [0, 0.1) is 11.8 Å². The maximum Gasteiger partial charge on any atom is 0.225 e. The highest BCUT2D eigenvalue weighted by Gasteiger charge is 2.27. The molecule has 1 N–H and O–H groups in total. The molecule has 2 rings (SSSR count). The lowest BCUT2D eigenvalue weighted by molar-refractivity contribution is -0.130. The summed E-state index contributed by atoms with van der Waals surface area (Å²) in [5.41, 5.74) is 2.10. The second kappa shape index (κ2) is 7.65. The van der Waals surface area contributed by atoms with E-state index in [1.807, 2.05) is 69.8 Å². The molecule has 0 aliphatic rings. The smallest absolute Gasteiger partial charge is 0.225 e. The lowest BCUT2D eigenvalue weighted by Gasteiger charge is -2.24. The third kappa shape index (κ3) is 3.86. The average molecular weight is 328 g/mol. The molecule has 0 saturated heterocycles. The van der Waals surface area contributed by atoms with E-state index in [-0.39, 0.29) is 23.5 Å². The fraction of sp³-hybridized carbons (Fsp3) is 0.500. The number of ketones is 1. The fourth-order valence-electron chi connectivity index (χ4n) is 3.05. The number of aryl methyl sites for hydroxylation is 1. The topological polar surface area (TPSA) is 51.1 Å². The molecular weight excluding hydrogens is 300 g/mol. The third-order valence-electron chi connectivity index (χ3n) is 4.74. The van der Waals surface area contributed by atoms with E-state index in [4.69, 9.17) is 0 Å². The number of nitrogens with one attached hydrogen (secondary N) is 1. The Morgan fingerprint density at radius 1 is 1.17 bits per heavy atom. The van der Waals surface area contributed by atoms with E-state index in [2.05, 4.69) is 5.32 Å². The number of rotatable bonds is 7. The van der Waals surface area contributed by atoms with Crippen molar-refractivity contribution in [2.75, 3.05) is 0 Å². The van der Waals surface area contributed by atoms with Gasteiger partial charge in [-0.1, -0.05) is 52.3 Å². The second-order valence-corrected chi connectivity index (χ2v) is 6.95. The molecule has 1 amide bonds. The maximum absolute atomic E-state index is 12.6. The molecule has 0 fully saturated rings. The van der Waals surface area contributed by atoms with Crippen LogP contribution in [0.2, 0.25) is 0 Å². The molecule has 0 bridgehead atoms. The second-order valence-electron chi connectivity index (χ2n) is 6.95. The normalized spacial score (nSPS) is 13.9. The molecule has 24 heavy (non-hydrogen) atoms. The van der Waals surface area contributed by atoms with Crippen LogP contribution in [0.15, 0.2) is 30.5 Å². The van der Waals surface area contributed by atoms with Gasteiger partial charge < -0.3 is 9.88 Å². The van der Waals surface area contributed by atoms with Gasteiger partial charge >= 0.3 is 0 Å². The van der Waals surface area contributed by atoms with E-state index in [0.29, 0.717) is 6.42 Å². The lowest BCUT2D eigenvalue weighted by atomic mass is 9.90. The quantitative estimate of drug-likeness (QED) is 0.846. The molecule has 4 heteroatoms. The van der Waals surface area contributed by atoms with Crippen molar-refractivity contribution in [1.82, 2.24) is 9.88 Å². The van der Waals surface area contributed by atoms with Crippen molar-refractivity contribution in [3.8, 4) is 0 Å². The zero-order valence-electron chi connectivity index (χ0n) is 15.3. The summed E-state index contributed by atoms with van der Waals surface area (Å²) in [5, 5.41) is 4.06. The van der Waals surface area contributed by atoms with Gasteiger partial charge in [0.1, 0.15) is 0 Å². The zero-order valence-corrected chi connectivity index (χ0v) is 15.3. The van der Waals surface area contributed by atoms with Crippen molar-refractivity contribution < 1.29 is 9.59 Å². The first-order chi connectivity index (χ1) is 11.3. The Bertz CT molecular complexity index is 730. The predicted molar refractivity (Wildman–Crippen MR) is 97.9 cm³/mol. The summed E-state index contributed by atoms with van der Waals surface area (Å²) in [6, 6.07) is 7.64. The van der Waals surface area contributed by atoms with Crippen molar-refractivity contribution in [3.05, 3.63) is 36.0 Å². The summed E-state index contributed by atoms with van der Waals surface area (Å²) in [6.07, 6.45) is 3.14. The largest absolute Gasteiger partial charge is 0.350 e. The minimum Gasteiger partial charge on any atom is -0.350 e. The van der Waals surface area contributed by atoms with Gasteiger partial charge in [0.2, 0.25) is 5.91 Å². The van der Waals surface area contributed by atoms with E-state index in [0.717, 1.165) is 22.9 Å². The molecule has 0 aliphatic heterocycles. The van der Waals surface area contributed by atoms with Gasteiger partial charge in [-0.25, -0.2) is 0 Å². The summed E-state index contributed by atoms with van der Waals surface area (Å²) < 4.78 is 2.03. The van der Waals surface area contributed by atoms with E-state index in [1.165, 1.54) is 0 Å². The van der Waals surface area contributed by atoms with Gasteiger partial charge in [0.05, 0.1) is 12.5 Å². The number of fused-ring (bicyclic) bond motifs is 1. The minimum absolute atomic E-state index is 0.0816. The number of amides is 1. The Balaban J connectivity index is 2.17. The first-order valence-electron chi connectivity index (χ1n) is 8.71. The van der Waals surface area contributed by atoms with Gasteiger partial charge in [-0.15, -0.1) is 0 Å². The number of aromatic nitrogens is 1. The highest BCUT2D eigenvalue weighted by molar-refractivity contribution is 5.93. The number of hydrogen-bond acceptors (Lipinski definition) is 2. The first-order valence-corrected chi connectivity index (χ1v) is 8.71. The number of hydrogen-bond donors (Lipinski definition) is 1. The Hall–Kier alpha value is -2.10. The standard InChI is InChI=1S/C20H28N2O2/c1-6-14(4)19(20(24)13(2)3)21-18(23)11-15-12-22(5)17-10-8-7-9-16(15)17/h7-10,12-14,19H,6,11H2,1-5H3,(H,21,23)/t14-,19-/m0/s1. The van der Waals surface area contributed by atoms with Crippen LogP contribution < -0.4 is 5.32 Å². The van der Waals surface area contributed by atoms with E-state index < -0.39 is 6.04 Å². The maximum atomic E-state index is 12.6. The molecule has 1 heterocycles. The summed E-state index contributed by atoms with van der Waals surface area (Å²) in [7, 11) is 1.98. The van der Waals surface area contributed by atoms with Crippen molar-refractivity contribution >= 4 is 22.6 Å². The summed E-state index contributed by atoms with van der Waals surface area (Å²) >= 11 is 0. The monoisotopic (exact) mass is 328 g/mol. The predicted octanol–water partition coefficient (Wildman–Crippen LogP) is 3.48. The number of Topliss-reactive ketones (excluding diaryl/α,β-unsaturated/α-hetero) is 1. The van der Waals surface area contributed by atoms with Gasteiger partial charge in [-0.05, 0) is 17.5 Å². The summed E-state index contributed by atoms with van der Waals surface area (Å²) in [6.45, 7) is 7.83. The molecule has 2 atom stereocenters. The number of carbonyl (C=O) groups is 2. The van der Waals surface area contributed by atoms with Crippen molar-refractivity contribution in [2.45, 2.75) is 46.6 Å². The number of carbonyl (C=O) groups excluding carboxylic acids is 2. The van der Waals surface area contributed by atoms with Crippen LogP contribution in [0.3, 0.4) is 0 Å². The van der Waals surface area contributed by atoms with Crippen molar-refractivity contribution in [3.63, 3.8) is 0 Å². The van der Waals surface area contributed by atoms with Gasteiger partial charge in [0, 0.05) is 30.1 Å². The molecular formula is C20H28N2O2. The summed E-state index contributed by atoms with van der Waals surface area (Å²) in [4.78, 5) is 25.0. The van der Waals surface area contributed by atoms with Crippen LogP contribution in [0.5, 0.6) is 0 Å². The molecule has 1 aromatic carbocycles. The molecule has 4 nitrogen and oxygen atoms in total. The first kappa shape index (κ1) is 18.2. The molecule has 130 valence electrons. The van der Waals surface area contributed by atoms with Crippen LogP contribution in [-0.2, 0) is 23.1 Å². The molecule has 0 spiro atoms. The highest BCUT2D eigenvalue weighted by Crippen LogP contribution is 2.21. The Morgan fingerprint density at radius 2 is 1.83 bits per heavy atom. The number of nitrogens with zero attached hydrogens (tertiary/aromatic N) is 1. The Morgan fingerprint density at radius 3 is 2.46 bits per heavy atom. The summed E-state index contributed by atoms with van der Waals surface area (Å²) in [5.74, 6) is 0.0690. The van der Waals surface area contributed by atoms with Crippen LogP contribution in [-0.4, -0.2) is 22.3 Å². The third-order valence-corrected chi connectivity index (χ3v) is 4.74.